The van der Waals surface area contributed by atoms with Crippen molar-refractivity contribution in [2.75, 3.05) is 14.2 Å². The molecular weight excluding hydrogens is 302 g/mol. The van der Waals surface area contributed by atoms with Gasteiger partial charge >= 0.3 is 0 Å². The number of aromatic amines is 2. The van der Waals surface area contributed by atoms with E-state index in [0.717, 1.165) is 44.6 Å². The minimum atomic E-state index is -0.341. The maximum absolute atomic E-state index is 5.82. The Morgan fingerprint density at radius 3 is 2.71 bits per heavy atom. The molecule has 24 heavy (non-hydrogen) atoms. The zero-order valence-corrected chi connectivity index (χ0v) is 13.9. The van der Waals surface area contributed by atoms with E-state index in [2.05, 4.69) is 23.0 Å². The first-order valence-corrected chi connectivity index (χ1v) is 7.85. The Kier molecular flexibility index (Phi) is 3.50. The number of nitrogens with one attached hydrogen (secondary N) is 2. The van der Waals surface area contributed by atoms with Crippen molar-refractivity contribution in [3.05, 3.63) is 59.5 Å². The van der Waals surface area contributed by atoms with Gasteiger partial charge in [0.2, 0.25) is 0 Å². The molecule has 1 unspecified atom stereocenters. The molecule has 0 fully saturated rings. The Balaban J connectivity index is 1.96. The first kappa shape index (κ1) is 14.8. The van der Waals surface area contributed by atoms with E-state index >= 15 is 0 Å². The van der Waals surface area contributed by atoms with E-state index in [1.165, 1.54) is 0 Å². The molecule has 0 saturated heterocycles. The van der Waals surface area contributed by atoms with Gasteiger partial charge in [-0.2, -0.15) is 0 Å². The highest BCUT2D eigenvalue weighted by Gasteiger charge is 2.25. The van der Waals surface area contributed by atoms with Crippen molar-refractivity contribution in [1.82, 2.24) is 15.0 Å². The maximum atomic E-state index is 5.82. The van der Waals surface area contributed by atoms with Crippen molar-refractivity contribution in [2.24, 2.45) is 0 Å². The van der Waals surface area contributed by atoms with Gasteiger partial charge in [0, 0.05) is 29.8 Å². The quantitative estimate of drug-likeness (QED) is 0.595. The minimum absolute atomic E-state index is 0.341. The zero-order chi connectivity index (χ0) is 16.7. The summed E-state index contributed by atoms with van der Waals surface area (Å²) in [5.41, 5.74) is 5.11. The van der Waals surface area contributed by atoms with Crippen LogP contribution in [0.15, 0.2) is 42.6 Å². The van der Waals surface area contributed by atoms with Gasteiger partial charge in [0.15, 0.2) is 0 Å². The molecular formula is C19H19N3O2. The van der Waals surface area contributed by atoms with Gasteiger partial charge < -0.3 is 19.4 Å². The number of ether oxygens (including phenoxy) is 2. The van der Waals surface area contributed by atoms with Crippen LogP contribution in [0.5, 0.6) is 5.75 Å². The smallest absolute Gasteiger partial charge is 0.144 e. The second-order valence-electron chi connectivity index (χ2n) is 5.83. The largest absolute Gasteiger partial charge is 0.496 e. The molecule has 0 amide bonds. The number of hydrogen-bond acceptors (Lipinski definition) is 3. The Labute approximate surface area is 139 Å². The molecule has 0 radical (unpaired) electrons. The van der Waals surface area contributed by atoms with Crippen LogP contribution in [0.3, 0.4) is 0 Å². The molecule has 0 saturated carbocycles. The van der Waals surface area contributed by atoms with E-state index in [0.29, 0.717) is 0 Å². The first-order valence-electron chi connectivity index (χ1n) is 7.85. The number of aromatic nitrogens is 3. The van der Waals surface area contributed by atoms with E-state index in [1.807, 2.05) is 36.5 Å². The van der Waals surface area contributed by atoms with E-state index in [9.17, 15) is 0 Å². The predicted molar refractivity (Wildman–Crippen MR) is 94.5 cm³/mol. The number of aryl methyl sites for hydroxylation is 1. The molecule has 122 valence electrons. The fourth-order valence-electron chi connectivity index (χ4n) is 3.30. The number of para-hydroxylation sites is 2. The Hall–Kier alpha value is -2.79. The van der Waals surface area contributed by atoms with Crippen LogP contribution in [0.1, 0.15) is 23.1 Å². The standard InChI is InChI=1S/C19H19N3O2/c1-11-10-15(23-2)16(12-8-9-20-17(11)12)18(24-3)19-21-13-6-4-5-7-14(13)22-19/h4-10,18,20H,1-3H3,(H,21,22). The van der Waals surface area contributed by atoms with Gasteiger partial charge in [0.1, 0.15) is 17.7 Å². The van der Waals surface area contributed by atoms with Crippen molar-refractivity contribution < 1.29 is 9.47 Å². The van der Waals surface area contributed by atoms with Gasteiger partial charge in [-0.05, 0) is 36.8 Å². The average molecular weight is 321 g/mol. The number of imidazole rings is 1. The number of fused-ring (bicyclic) bond motifs is 2. The highest BCUT2D eigenvalue weighted by atomic mass is 16.5. The number of H-pyrrole nitrogens is 2. The van der Waals surface area contributed by atoms with Gasteiger partial charge in [0.05, 0.1) is 18.1 Å². The molecule has 4 aromatic rings. The van der Waals surface area contributed by atoms with Crippen LogP contribution in [0.25, 0.3) is 21.9 Å². The van der Waals surface area contributed by atoms with Crippen molar-refractivity contribution in [1.29, 1.82) is 0 Å². The molecule has 5 nitrogen and oxygen atoms in total. The average Bonchev–Trinajstić information content (AvgIpc) is 3.23. The lowest BCUT2D eigenvalue weighted by molar-refractivity contribution is 0.128. The van der Waals surface area contributed by atoms with Crippen LogP contribution >= 0.6 is 0 Å². The van der Waals surface area contributed by atoms with Crippen LogP contribution < -0.4 is 4.74 Å². The number of nitrogens with zero attached hydrogens (tertiary/aromatic N) is 1. The number of hydrogen-bond donors (Lipinski definition) is 2. The summed E-state index contributed by atoms with van der Waals surface area (Å²) in [7, 11) is 3.37. The summed E-state index contributed by atoms with van der Waals surface area (Å²) in [6, 6.07) is 12.0. The van der Waals surface area contributed by atoms with Gasteiger partial charge in [-0.3, -0.25) is 0 Å². The van der Waals surface area contributed by atoms with E-state index in [4.69, 9.17) is 14.5 Å². The van der Waals surface area contributed by atoms with Crippen molar-refractivity contribution >= 4 is 21.9 Å². The van der Waals surface area contributed by atoms with Gasteiger partial charge in [-0.25, -0.2) is 4.98 Å². The normalized spacial score (nSPS) is 12.8. The van der Waals surface area contributed by atoms with Crippen LogP contribution in [0.2, 0.25) is 0 Å². The molecule has 0 aliphatic carbocycles. The number of methoxy groups -OCH3 is 2. The van der Waals surface area contributed by atoms with Crippen molar-refractivity contribution in [3.63, 3.8) is 0 Å². The highest BCUT2D eigenvalue weighted by Crippen LogP contribution is 2.39. The summed E-state index contributed by atoms with van der Waals surface area (Å²) in [5, 5.41) is 1.08. The third-order valence-electron chi connectivity index (χ3n) is 4.42. The Bertz CT molecular complexity index is 983. The molecule has 2 N–H and O–H groups in total. The molecule has 1 atom stereocenters. The lowest BCUT2D eigenvalue weighted by Gasteiger charge is -2.19. The summed E-state index contributed by atoms with van der Waals surface area (Å²) >= 11 is 0. The molecule has 2 aromatic heterocycles. The summed E-state index contributed by atoms with van der Waals surface area (Å²) in [6.45, 7) is 2.06. The van der Waals surface area contributed by atoms with E-state index < -0.39 is 0 Å². The molecule has 0 aliphatic heterocycles. The Morgan fingerprint density at radius 2 is 1.96 bits per heavy atom. The third-order valence-corrected chi connectivity index (χ3v) is 4.42. The third kappa shape index (κ3) is 2.17. The molecule has 4 rings (SSSR count). The van der Waals surface area contributed by atoms with Crippen LogP contribution in [0.4, 0.5) is 0 Å². The van der Waals surface area contributed by atoms with Crippen LogP contribution in [0, 0.1) is 6.92 Å². The molecule has 5 heteroatoms. The summed E-state index contributed by atoms with van der Waals surface area (Å²) in [4.78, 5) is 11.4. The second kappa shape index (κ2) is 5.69. The minimum Gasteiger partial charge on any atom is -0.496 e. The summed E-state index contributed by atoms with van der Waals surface area (Å²) in [5.74, 6) is 1.57. The van der Waals surface area contributed by atoms with E-state index in [-0.39, 0.29) is 6.10 Å². The zero-order valence-electron chi connectivity index (χ0n) is 13.9. The molecule has 0 bridgehead atoms. The highest BCUT2D eigenvalue weighted by molar-refractivity contribution is 5.89. The number of benzene rings is 2. The molecule has 2 aromatic carbocycles. The molecule has 0 spiro atoms. The fraction of sp³-hybridized carbons (Fsp3) is 0.211. The predicted octanol–water partition coefficient (Wildman–Crippen LogP) is 4.10. The number of rotatable bonds is 4. The fourth-order valence-corrected chi connectivity index (χ4v) is 3.30. The lowest BCUT2D eigenvalue weighted by atomic mass is 10.00. The monoisotopic (exact) mass is 321 g/mol. The van der Waals surface area contributed by atoms with Crippen LogP contribution in [-0.2, 0) is 4.74 Å². The Morgan fingerprint density at radius 1 is 1.12 bits per heavy atom. The SMILES string of the molecule is COc1cc(C)c2[nH]ccc2c1C(OC)c1nc2ccccc2[nH]1. The topological polar surface area (TPSA) is 62.9 Å². The summed E-state index contributed by atoms with van der Waals surface area (Å²) in [6.07, 6.45) is 1.60. The van der Waals surface area contributed by atoms with Crippen molar-refractivity contribution in [3.8, 4) is 5.75 Å². The maximum Gasteiger partial charge on any atom is 0.144 e. The lowest BCUT2D eigenvalue weighted by Crippen LogP contribution is -2.08. The van der Waals surface area contributed by atoms with Crippen molar-refractivity contribution in [2.45, 2.75) is 13.0 Å². The van der Waals surface area contributed by atoms with E-state index in [1.54, 1.807) is 14.2 Å². The molecule has 0 aliphatic rings. The molecule has 2 heterocycles. The van der Waals surface area contributed by atoms with Gasteiger partial charge in [-0.1, -0.05) is 12.1 Å². The van der Waals surface area contributed by atoms with Gasteiger partial charge in [-0.15, -0.1) is 0 Å². The van der Waals surface area contributed by atoms with Crippen LogP contribution in [-0.4, -0.2) is 29.2 Å². The van der Waals surface area contributed by atoms with Gasteiger partial charge in [0.25, 0.3) is 0 Å². The summed E-state index contributed by atoms with van der Waals surface area (Å²) < 4.78 is 11.5. The first-order chi connectivity index (χ1) is 11.7. The second-order valence-corrected chi connectivity index (χ2v) is 5.83.